The zero-order valence-corrected chi connectivity index (χ0v) is 9.37. The highest BCUT2D eigenvalue weighted by Gasteiger charge is 2.57. The molecule has 1 N–H and O–H groups in total. The smallest absolute Gasteiger partial charge is 0.00113 e. The van der Waals surface area contributed by atoms with E-state index in [1.807, 2.05) is 0 Å². The van der Waals surface area contributed by atoms with Crippen molar-refractivity contribution in [3.8, 4) is 0 Å². The van der Waals surface area contributed by atoms with Gasteiger partial charge in [-0.2, -0.15) is 0 Å². The lowest BCUT2D eigenvalue weighted by Crippen LogP contribution is -2.13. The highest BCUT2D eigenvalue weighted by molar-refractivity contribution is 5.24. The van der Waals surface area contributed by atoms with Gasteiger partial charge in [0.15, 0.2) is 0 Å². The summed E-state index contributed by atoms with van der Waals surface area (Å²) in [5.41, 5.74) is 2.20. The predicted octanol–water partition coefficient (Wildman–Crippen LogP) is 2.79. The highest BCUT2D eigenvalue weighted by atomic mass is 15.0. The summed E-state index contributed by atoms with van der Waals surface area (Å²) < 4.78 is 0. The molecule has 1 saturated carbocycles. The van der Waals surface area contributed by atoms with Crippen molar-refractivity contribution in [2.75, 3.05) is 13.1 Å². The van der Waals surface area contributed by atoms with E-state index in [1.165, 1.54) is 31.5 Å². The van der Waals surface area contributed by atoms with Gasteiger partial charge in [0, 0.05) is 6.54 Å². The molecule has 1 aliphatic carbocycles. The zero-order chi connectivity index (χ0) is 10.3. The maximum Gasteiger partial charge on any atom is 0.00113 e. The standard InChI is InChI=1S/C14H19N/c1-11(12-5-3-2-4-6-12)13-9-14(13)7-8-15-10-14/h2-6,11,13,15H,7-10H2,1H3/t11?,13-,14?/m1/s1. The minimum Gasteiger partial charge on any atom is -0.316 e. The summed E-state index contributed by atoms with van der Waals surface area (Å²) in [7, 11) is 0. The Morgan fingerprint density at radius 3 is 2.80 bits per heavy atom. The molecule has 0 bridgehead atoms. The molecule has 0 aromatic heterocycles. The second-order valence-electron chi connectivity index (χ2n) is 5.30. The zero-order valence-electron chi connectivity index (χ0n) is 9.37. The van der Waals surface area contributed by atoms with Gasteiger partial charge in [0.2, 0.25) is 0 Å². The van der Waals surface area contributed by atoms with Crippen LogP contribution in [0.4, 0.5) is 0 Å². The molecule has 1 spiro atoms. The lowest BCUT2D eigenvalue weighted by atomic mass is 9.90. The molecule has 1 aliphatic heterocycles. The van der Waals surface area contributed by atoms with Crippen LogP contribution in [0.3, 0.4) is 0 Å². The molecule has 2 aliphatic rings. The van der Waals surface area contributed by atoms with E-state index in [0.717, 1.165) is 11.8 Å². The Balaban J connectivity index is 1.75. The van der Waals surface area contributed by atoms with Crippen LogP contribution in [0, 0.1) is 11.3 Å². The third kappa shape index (κ3) is 1.50. The van der Waals surface area contributed by atoms with Gasteiger partial charge < -0.3 is 5.32 Å². The first-order valence-corrected chi connectivity index (χ1v) is 6.07. The largest absolute Gasteiger partial charge is 0.316 e. The van der Waals surface area contributed by atoms with Gasteiger partial charge in [-0.25, -0.2) is 0 Å². The van der Waals surface area contributed by atoms with E-state index in [9.17, 15) is 0 Å². The Bertz CT molecular complexity index is 338. The van der Waals surface area contributed by atoms with Gasteiger partial charge in [0.05, 0.1) is 0 Å². The summed E-state index contributed by atoms with van der Waals surface area (Å²) in [5.74, 6) is 1.67. The van der Waals surface area contributed by atoms with Crippen LogP contribution in [-0.4, -0.2) is 13.1 Å². The third-order valence-corrected chi connectivity index (χ3v) is 4.46. The molecule has 0 radical (unpaired) electrons. The fourth-order valence-electron chi connectivity index (χ4n) is 3.33. The van der Waals surface area contributed by atoms with Crippen LogP contribution >= 0.6 is 0 Å². The van der Waals surface area contributed by atoms with Crippen molar-refractivity contribution in [1.82, 2.24) is 5.32 Å². The molecule has 2 fully saturated rings. The fourth-order valence-corrected chi connectivity index (χ4v) is 3.33. The fraction of sp³-hybridized carbons (Fsp3) is 0.571. The minimum atomic E-state index is 0.676. The van der Waals surface area contributed by atoms with Gasteiger partial charge in [0.1, 0.15) is 0 Å². The molecule has 2 unspecified atom stereocenters. The molecule has 15 heavy (non-hydrogen) atoms. The predicted molar refractivity (Wildman–Crippen MR) is 62.9 cm³/mol. The van der Waals surface area contributed by atoms with Gasteiger partial charge in [-0.3, -0.25) is 0 Å². The minimum absolute atomic E-state index is 0.676. The van der Waals surface area contributed by atoms with Crippen molar-refractivity contribution in [2.45, 2.75) is 25.7 Å². The van der Waals surface area contributed by atoms with Crippen LogP contribution in [0.2, 0.25) is 0 Å². The first kappa shape index (κ1) is 9.41. The summed E-state index contributed by atoms with van der Waals surface area (Å²) in [6.07, 6.45) is 2.84. The second-order valence-corrected chi connectivity index (χ2v) is 5.30. The van der Waals surface area contributed by atoms with Crippen LogP contribution < -0.4 is 5.32 Å². The number of hydrogen-bond acceptors (Lipinski definition) is 1. The topological polar surface area (TPSA) is 12.0 Å². The average molecular weight is 201 g/mol. The van der Waals surface area contributed by atoms with Gasteiger partial charge in [-0.1, -0.05) is 37.3 Å². The van der Waals surface area contributed by atoms with E-state index < -0.39 is 0 Å². The van der Waals surface area contributed by atoms with Gasteiger partial charge in [-0.05, 0) is 42.2 Å². The number of benzene rings is 1. The molecule has 1 nitrogen and oxygen atoms in total. The van der Waals surface area contributed by atoms with E-state index in [2.05, 4.69) is 42.6 Å². The van der Waals surface area contributed by atoms with Crippen LogP contribution in [0.1, 0.15) is 31.2 Å². The molecule has 1 aromatic carbocycles. The van der Waals surface area contributed by atoms with Crippen LogP contribution in [0.25, 0.3) is 0 Å². The van der Waals surface area contributed by atoms with Crippen molar-refractivity contribution in [2.24, 2.45) is 11.3 Å². The van der Waals surface area contributed by atoms with E-state index in [-0.39, 0.29) is 0 Å². The normalized spacial score (nSPS) is 35.7. The van der Waals surface area contributed by atoms with Crippen LogP contribution in [0.5, 0.6) is 0 Å². The van der Waals surface area contributed by atoms with Crippen molar-refractivity contribution >= 4 is 0 Å². The average Bonchev–Trinajstić information content (AvgIpc) is 2.77. The lowest BCUT2D eigenvalue weighted by Gasteiger charge is -2.15. The molecule has 1 saturated heterocycles. The third-order valence-electron chi connectivity index (χ3n) is 4.46. The molecule has 1 aromatic rings. The Labute approximate surface area is 91.9 Å². The van der Waals surface area contributed by atoms with E-state index in [0.29, 0.717) is 5.41 Å². The lowest BCUT2D eigenvalue weighted by molar-refractivity contribution is 0.462. The molecular weight excluding hydrogens is 182 g/mol. The first-order chi connectivity index (χ1) is 7.32. The van der Waals surface area contributed by atoms with E-state index in [1.54, 1.807) is 0 Å². The van der Waals surface area contributed by atoms with E-state index >= 15 is 0 Å². The molecule has 1 heterocycles. The van der Waals surface area contributed by atoms with Crippen molar-refractivity contribution in [3.05, 3.63) is 35.9 Å². The first-order valence-electron chi connectivity index (χ1n) is 6.07. The number of nitrogens with one attached hydrogen (secondary N) is 1. The summed E-state index contributed by atoms with van der Waals surface area (Å²) >= 11 is 0. The monoisotopic (exact) mass is 201 g/mol. The van der Waals surface area contributed by atoms with Crippen molar-refractivity contribution in [1.29, 1.82) is 0 Å². The van der Waals surface area contributed by atoms with Gasteiger partial charge >= 0.3 is 0 Å². The quantitative estimate of drug-likeness (QED) is 0.776. The number of rotatable bonds is 2. The van der Waals surface area contributed by atoms with Crippen molar-refractivity contribution < 1.29 is 0 Å². The Hall–Kier alpha value is -0.820. The second kappa shape index (κ2) is 3.34. The Morgan fingerprint density at radius 2 is 2.13 bits per heavy atom. The molecule has 3 rings (SSSR count). The summed E-state index contributed by atoms with van der Waals surface area (Å²) in [5, 5.41) is 3.51. The Kier molecular flexibility index (Phi) is 2.10. The Morgan fingerprint density at radius 1 is 1.33 bits per heavy atom. The molecule has 1 heteroatoms. The maximum absolute atomic E-state index is 3.51. The maximum atomic E-state index is 3.51. The SMILES string of the molecule is CC(c1ccccc1)[C@H]1CC12CCNC2. The molecular formula is C14H19N. The van der Waals surface area contributed by atoms with E-state index in [4.69, 9.17) is 0 Å². The summed E-state index contributed by atoms with van der Waals surface area (Å²) in [4.78, 5) is 0. The molecule has 0 amide bonds. The van der Waals surface area contributed by atoms with Gasteiger partial charge in [-0.15, -0.1) is 0 Å². The molecule has 80 valence electrons. The number of hydrogen-bond donors (Lipinski definition) is 1. The van der Waals surface area contributed by atoms with Crippen molar-refractivity contribution in [3.63, 3.8) is 0 Å². The highest BCUT2D eigenvalue weighted by Crippen LogP contribution is 2.62. The van der Waals surface area contributed by atoms with Crippen LogP contribution in [-0.2, 0) is 0 Å². The molecule has 3 atom stereocenters. The van der Waals surface area contributed by atoms with Gasteiger partial charge in [0.25, 0.3) is 0 Å². The summed E-state index contributed by atoms with van der Waals surface area (Å²) in [6, 6.07) is 11.0. The van der Waals surface area contributed by atoms with Crippen LogP contribution in [0.15, 0.2) is 30.3 Å². The summed E-state index contributed by atoms with van der Waals surface area (Å²) in [6.45, 7) is 4.89.